The normalized spacial score (nSPS) is 15.6. The van der Waals surface area contributed by atoms with Crippen LogP contribution in [0.5, 0.6) is 0 Å². The van der Waals surface area contributed by atoms with Crippen LogP contribution in [-0.4, -0.2) is 45.2 Å². The summed E-state index contributed by atoms with van der Waals surface area (Å²) < 4.78 is 0. The van der Waals surface area contributed by atoms with E-state index in [9.17, 15) is 14.7 Å². The van der Waals surface area contributed by atoms with E-state index in [1.54, 1.807) is 0 Å². The summed E-state index contributed by atoms with van der Waals surface area (Å²) in [5, 5.41) is 20.6. The number of rotatable bonds is 10. The topological polar surface area (TPSA) is 86.6 Å². The monoisotopic (exact) mass is 309 g/mol. The van der Waals surface area contributed by atoms with Gasteiger partial charge in [0.15, 0.2) is 6.04 Å². The van der Waals surface area contributed by atoms with Crippen LogP contribution in [-0.2, 0) is 9.59 Å². The van der Waals surface area contributed by atoms with Gasteiger partial charge in [-0.05, 0) is 31.9 Å². The van der Waals surface area contributed by atoms with Crippen LogP contribution in [0.1, 0.15) is 39.0 Å². The molecule has 0 heterocycles. The second-order valence-corrected chi connectivity index (χ2v) is 5.71. The Kier molecular flexibility index (Phi) is 10.2. The third kappa shape index (κ3) is 9.18. The van der Waals surface area contributed by atoms with Gasteiger partial charge in [-0.2, -0.15) is 25.3 Å². The van der Waals surface area contributed by atoms with Crippen molar-refractivity contribution in [1.82, 2.24) is 5.32 Å². The molecule has 0 aliphatic heterocycles. The Hall–Kier alpha value is -0.400. The van der Waals surface area contributed by atoms with Crippen molar-refractivity contribution >= 4 is 37.1 Å². The highest BCUT2D eigenvalue weighted by Gasteiger charge is 2.24. The fraction of sp³-hybridized carbons (Fsp3) is 0.833. The minimum Gasteiger partial charge on any atom is -0.480 e. The number of hydrogen-bond donors (Lipinski definition) is 5. The summed E-state index contributed by atoms with van der Waals surface area (Å²) in [7, 11) is 0. The number of amides is 1. The maximum Gasteiger partial charge on any atom is 0.328 e. The molecule has 0 aromatic rings. The number of carboxylic acids is 1. The third-order valence-electron chi connectivity index (χ3n) is 2.72. The Bertz CT molecular complexity index is 287. The molecule has 3 N–H and O–H groups in total. The van der Waals surface area contributed by atoms with Gasteiger partial charge in [-0.3, -0.25) is 4.79 Å². The molecule has 7 heteroatoms. The number of carboxylic acid groups (broad SMARTS) is 1. The fourth-order valence-electron chi connectivity index (χ4n) is 1.59. The van der Waals surface area contributed by atoms with Crippen molar-refractivity contribution in [2.24, 2.45) is 0 Å². The van der Waals surface area contributed by atoms with Gasteiger partial charge in [0, 0.05) is 11.7 Å². The highest BCUT2D eigenvalue weighted by molar-refractivity contribution is 7.81. The van der Waals surface area contributed by atoms with E-state index < -0.39 is 18.1 Å². The van der Waals surface area contributed by atoms with Crippen molar-refractivity contribution in [2.45, 2.75) is 56.4 Å². The van der Waals surface area contributed by atoms with Gasteiger partial charge in [-0.15, -0.1) is 0 Å². The Balaban J connectivity index is 3.83. The van der Waals surface area contributed by atoms with Gasteiger partial charge in [-0.25, -0.2) is 4.79 Å². The first kappa shape index (κ1) is 18.6. The maximum absolute atomic E-state index is 11.5. The summed E-state index contributed by atoms with van der Waals surface area (Å²) in [6.07, 6.45) is 2.54. The second kappa shape index (κ2) is 10.4. The van der Waals surface area contributed by atoms with Crippen molar-refractivity contribution in [2.75, 3.05) is 5.75 Å². The molecular weight excluding hydrogens is 286 g/mol. The fourth-order valence-corrected chi connectivity index (χ4v) is 2.42. The van der Waals surface area contributed by atoms with E-state index in [1.807, 2.05) is 0 Å². The molecule has 19 heavy (non-hydrogen) atoms. The highest BCUT2D eigenvalue weighted by atomic mass is 32.1. The number of carbonyl (C=O) groups is 2. The maximum atomic E-state index is 11.5. The van der Waals surface area contributed by atoms with Crippen LogP contribution in [0.15, 0.2) is 0 Å². The average molecular weight is 309 g/mol. The molecule has 0 radical (unpaired) electrons. The zero-order valence-corrected chi connectivity index (χ0v) is 12.9. The molecule has 0 aliphatic rings. The molecule has 1 unspecified atom stereocenters. The average Bonchev–Trinajstić information content (AvgIpc) is 2.31. The molecule has 5 nitrogen and oxygen atoms in total. The van der Waals surface area contributed by atoms with E-state index >= 15 is 0 Å². The zero-order valence-electron chi connectivity index (χ0n) is 11.1. The number of nitrogens with one attached hydrogen (secondary N) is 1. The quantitative estimate of drug-likeness (QED) is 0.309. The number of unbranched alkanes of at least 4 members (excludes halogenated alkanes) is 1. The minimum absolute atomic E-state index is 0.262. The predicted molar refractivity (Wildman–Crippen MR) is 81.0 cm³/mol. The summed E-state index contributed by atoms with van der Waals surface area (Å²) in [6.45, 7) is 1.34. The SMILES string of the molecule is C[C@@H](O)[C@H](NC(=O)CCCCC(S)CCS)C(=O)O. The van der Waals surface area contributed by atoms with Crippen LogP contribution in [0.2, 0.25) is 0 Å². The minimum atomic E-state index is -1.24. The number of carbonyl (C=O) groups excluding carboxylic acids is 1. The smallest absolute Gasteiger partial charge is 0.328 e. The Morgan fingerprint density at radius 2 is 1.89 bits per heavy atom. The largest absolute Gasteiger partial charge is 0.480 e. The molecule has 0 spiro atoms. The van der Waals surface area contributed by atoms with Crippen LogP contribution in [0, 0.1) is 0 Å². The predicted octanol–water partition coefficient (Wildman–Crippen LogP) is 1.12. The zero-order chi connectivity index (χ0) is 14.8. The Morgan fingerprint density at radius 3 is 2.37 bits per heavy atom. The van der Waals surface area contributed by atoms with E-state index in [-0.39, 0.29) is 12.3 Å². The number of aliphatic hydroxyl groups excluding tert-OH is 1. The highest BCUT2D eigenvalue weighted by Crippen LogP contribution is 2.12. The molecule has 0 rings (SSSR count). The lowest BCUT2D eigenvalue weighted by atomic mass is 10.1. The lowest BCUT2D eigenvalue weighted by molar-refractivity contribution is -0.144. The van der Waals surface area contributed by atoms with Crippen LogP contribution in [0.25, 0.3) is 0 Å². The molecule has 3 atom stereocenters. The van der Waals surface area contributed by atoms with Crippen molar-refractivity contribution in [3.05, 3.63) is 0 Å². The first-order valence-electron chi connectivity index (χ1n) is 6.37. The first-order valence-corrected chi connectivity index (χ1v) is 7.52. The number of hydrogen-bond acceptors (Lipinski definition) is 5. The van der Waals surface area contributed by atoms with Gasteiger partial charge in [-0.1, -0.05) is 6.42 Å². The van der Waals surface area contributed by atoms with E-state index in [4.69, 9.17) is 5.11 Å². The molecule has 0 saturated heterocycles. The number of aliphatic carboxylic acids is 1. The van der Waals surface area contributed by atoms with Gasteiger partial charge < -0.3 is 15.5 Å². The molecule has 0 saturated carbocycles. The molecule has 112 valence electrons. The molecule has 0 aromatic heterocycles. The number of thiol groups is 2. The van der Waals surface area contributed by atoms with E-state index in [0.29, 0.717) is 11.7 Å². The Morgan fingerprint density at radius 1 is 1.26 bits per heavy atom. The summed E-state index contributed by atoms with van der Waals surface area (Å²) >= 11 is 8.51. The van der Waals surface area contributed by atoms with Crippen molar-refractivity contribution in [1.29, 1.82) is 0 Å². The molecular formula is C12H23NO4S2. The van der Waals surface area contributed by atoms with Crippen molar-refractivity contribution in [3.8, 4) is 0 Å². The van der Waals surface area contributed by atoms with Gasteiger partial charge in [0.2, 0.25) is 5.91 Å². The molecule has 0 bridgehead atoms. The molecule has 0 aliphatic carbocycles. The second-order valence-electron chi connectivity index (χ2n) is 4.54. The molecule has 0 aromatic carbocycles. The summed E-state index contributed by atoms with van der Waals surface area (Å²) in [4.78, 5) is 22.3. The third-order valence-corrected chi connectivity index (χ3v) is 3.49. The standard InChI is InChI=1S/C12H23NO4S2/c1-8(14)11(12(16)17)13-10(15)5-3-2-4-9(19)6-7-18/h8-9,11,14,18-19H,2-7H2,1H3,(H,13,15)(H,16,17)/t8-,9?,11+/m1/s1. The van der Waals surface area contributed by atoms with Gasteiger partial charge in [0.25, 0.3) is 0 Å². The summed E-state index contributed by atoms with van der Waals surface area (Å²) in [6, 6.07) is -1.24. The van der Waals surface area contributed by atoms with E-state index in [2.05, 4.69) is 30.6 Å². The van der Waals surface area contributed by atoms with Gasteiger partial charge >= 0.3 is 5.97 Å². The Labute approximate surface area is 125 Å². The lowest BCUT2D eigenvalue weighted by Crippen LogP contribution is -2.47. The van der Waals surface area contributed by atoms with E-state index in [0.717, 1.165) is 25.0 Å². The van der Waals surface area contributed by atoms with Crippen molar-refractivity contribution in [3.63, 3.8) is 0 Å². The van der Waals surface area contributed by atoms with Gasteiger partial charge in [0.1, 0.15) is 0 Å². The first-order chi connectivity index (χ1) is 8.88. The van der Waals surface area contributed by atoms with E-state index in [1.165, 1.54) is 6.92 Å². The summed E-state index contributed by atoms with van der Waals surface area (Å²) in [5.74, 6) is -0.783. The van der Waals surface area contributed by atoms with Crippen LogP contribution >= 0.6 is 25.3 Å². The van der Waals surface area contributed by atoms with Crippen LogP contribution in [0.3, 0.4) is 0 Å². The van der Waals surface area contributed by atoms with Crippen LogP contribution in [0.4, 0.5) is 0 Å². The number of aliphatic hydroxyl groups is 1. The molecule has 0 fully saturated rings. The summed E-state index contributed by atoms with van der Waals surface area (Å²) in [5.41, 5.74) is 0. The van der Waals surface area contributed by atoms with Crippen LogP contribution < -0.4 is 5.32 Å². The molecule has 1 amide bonds. The van der Waals surface area contributed by atoms with Crippen molar-refractivity contribution < 1.29 is 19.8 Å². The van der Waals surface area contributed by atoms with Gasteiger partial charge in [0.05, 0.1) is 6.10 Å². The lowest BCUT2D eigenvalue weighted by Gasteiger charge is -2.17.